The molecule has 3 aromatic heterocycles. The van der Waals surface area contributed by atoms with Gasteiger partial charge in [-0.05, 0) is 34.2 Å². The van der Waals surface area contributed by atoms with Crippen molar-refractivity contribution in [3.63, 3.8) is 0 Å². The molecule has 258 valence electrons. The number of hydrogen-bond donors (Lipinski definition) is 0. The second kappa shape index (κ2) is 13.8. The van der Waals surface area contributed by atoms with Crippen molar-refractivity contribution in [3.8, 4) is 78.7 Å². The molecule has 0 bridgehead atoms. The van der Waals surface area contributed by atoms with Gasteiger partial charge in [-0.3, -0.25) is 0 Å². The van der Waals surface area contributed by atoms with E-state index >= 15 is 0 Å². The van der Waals surface area contributed by atoms with Crippen LogP contribution in [0.1, 0.15) is 0 Å². The van der Waals surface area contributed by atoms with Crippen LogP contribution >= 0.6 is 0 Å². The lowest BCUT2D eigenvalue weighted by Gasteiger charge is -2.15. The van der Waals surface area contributed by atoms with Crippen LogP contribution in [0.5, 0.6) is 0 Å². The first kappa shape index (κ1) is 32.2. The van der Waals surface area contributed by atoms with E-state index in [4.69, 9.17) is 15.1 Å². The molecular weight excluding hydrogens is 669 g/mol. The SMILES string of the molecule is c1ccc(-c2ccc(-c3cc(-c4cccc5c4cc(-c4ccccc4)n4nc(-c6ccccc6)c(-c6ccccc6)c54)nc(-c4ccccc4)n3)cc2)cc1. The van der Waals surface area contributed by atoms with Crippen LogP contribution in [0.15, 0.2) is 206 Å². The Morgan fingerprint density at radius 1 is 0.345 bits per heavy atom. The molecular formula is C51H34N4. The van der Waals surface area contributed by atoms with Crippen LogP contribution in [0, 0.1) is 0 Å². The minimum absolute atomic E-state index is 0.683. The molecule has 7 aromatic carbocycles. The summed E-state index contributed by atoms with van der Waals surface area (Å²) in [6.07, 6.45) is 0. The smallest absolute Gasteiger partial charge is 0.160 e. The van der Waals surface area contributed by atoms with Crippen molar-refractivity contribution in [3.05, 3.63) is 206 Å². The lowest BCUT2D eigenvalue weighted by atomic mass is 9.94. The summed E-state index contributed by atoms with van der Waals surface area (Å²) in [5, 5.41) is 7.60. The highest BCUT2D eigenvalue weighted by molar-refractivity contribution is 6.12. The van der Waals surface area contributed by atoms with Crippen LogP contribution in [0.4, 0.5) is 0 Å². The average Bonchev–Trinajstić information content (AvgIpc) is 3.69. The maximum absolute atomic E-state index is 5.42. The molecule has 0 radical (unpaired) electrons. The van der Waals surface area contributed by atoms with Gasteiger partial charge < -0.3 is 0 Å². The number of fused-ring (bicyclic) bond motifs is 3. The van der Waals surface area contributed by atoms with Crippen LogP contribution in [0.25, 0.3) is 95.0 Å². The van der Waals surface area contributed by atoms with E-state index in [0.717, 1.165) is 78.0 Å². The first-order valence-corrected chi connectivity index (χ1v) is 18.5. The van der Waals surface area contributed by atoms with E-state index < -0.39 is 0 Å². The van der Waals surface area contributed by atoms with Gasteiger partial charge in [-0.15, -0.1) is 0 Å². The van der Waals surface area contributed by atoms with Gasteiger partial charge in [0, 0.05) is 38.8 Å². The van der Waals surface area contributed by atoms with Crippen molar-refractivity contribution >= 4 is 16.3 Å². The Hall–Kier alpha value is -7.43. The van der Waals surface area contributed by atoms with E-state index in [-0.39, 0.29) is 0 Å². The summed E-state index contributed by atoms with van der Waals surface area (Å²) in [5.74, 6) is 0.683. The first-order chi connectivity index (χ1) is 27.3. The third kappa shape index (κ3) is 5.96. The molecule has 55 heavy (non-hydrogen) atoms. The van der Waals surface area contributed by atoms with E-state index in [1.54, 1.807) is 0 Å². The molecule has 10 aromatic rings. The molecule has 4 heteroatoms. The zero-order chi connectivity index (χ0) is 36.6. The summed E-state index contributed by atoms with van der Waals surface area (Å²) >= 11 is 0. The fraction of sp³-hybridized carbons (Fsp3) is 0. The van der Waals surface area contributed by atoms with Crippen LogP contribution in [-0.4, -0.2) is 19.6 Å². The van der Waals surface area contributed by atoms with Gasteiger partial charge >= 0.3 is 0 Å². The summed E-state index contributed by atoms with van der Waals surface area (Å²) in [7, 11) is 0. The number of hydrogen-bond acceptors (Lipinski definition) is 3. The third-order valence-corrected chi connectivity index (χ3v) is 10.3. The zero-order valence-corrected chi connectivity index (χ0v) is 29.9. The maximum atomic E-state index is 5.42. The summed E-state index contributed by atoms with van der Waals surface area (Å²) < 4.78 is 2.14. The van der Waals surface area contributed by atoms with Gasteiger partial charge in [0.15, 0.2) is 5.82 Å². The number of pyridine rings is 1. The highest BCUT2D eigenvalue weighted by Gasteiger charge is 2.23. The highest BCUT2D eigenvalue weighted by Crippen LogP contribution is 2.43. The average molecular weight is 703 g/mol. The normalized spacial score (nSPS) is 11.3. The van der Waals surface area contributed by atoms with Crippen molar-refractivity contribution < 1.29 is 0 Å². The van der Waals surface area contributed by atoms with Gasteiger partial charge in [-0.1, -0.05) is 194 Å². The Balaban J connectivity index is 1.26. The van der Waals surface area contributed by atoms with E-state index in [0.29, 0.717) is 5.82 Å². The minimum atomic E-state index is 0.683. The summed E-state index contributed by atoms with van der Waals surface area (Å²) in [6, 6.07) is 72.0. The maximum Gasteiger partial charge on any atom is 0.160 e. The van der Waals surface area contributed by atoms with Crippen LogP contribution in [0.3, 0.4) is 0 Å². The molecule has 0 amide bonds. The van der Waals surface area contributed by atoms with Crippen LogP contribution < -0.4 is 0 Å². The number of aromatic nitrogens is 4. The van der Waals surface area contributed by atoms with Gasteiger partial charge in [0.25, 0.3) is 0 Å². The summed E-state index contributed by atoms with van der Waals surface area (Å²) in [5.41, 5.74) is 14.5. The Bertz CT molecular complexity index is 2920. The topological polar surface area (TPSA) is 43.1 Å². The molecule has 0 atom stereocenters. The van der Waals surface area contributed by atoms with Crippen molar-refractivity contribution in [2.45, 2.75) is 0 Å². The lowest BCUT2D eigenvalue weighted by Crippen LogP contribution is -1.99. The molecule has 0 aliphatic heterocycles. The predicted octanol–water partition coefficient (Wildman–Crippen LogP) is 12.9. The van der Waals surface area contributed by atoms with Gasteiger partial charge in [0.2, 0.25) is 0 Å². The zero-order valence-electron chi connectivity index (χ0n) is 29.9. The van der Waals surface area contributed by atoms with Crippen molar-refractivity contribution in [1.82, 2.24) is 19.6 Å². The summed E-state index contributed by atoms with van der Waals surface area (Å²) in [4.78, 5) is 10.5. The molecule has 0 saturated carbocycles. The Labute approximate surface area is 319 Å². The quantitative estimate of drug-likeness (QED) is 0.166. The monoisotopic (exact) mass is 702 g/mol. The number of benzene rings is 7. The molecule has 0 aliphatic carbocycles. The molecule has 3 heterocycles. The number of rotatable bonds is 7. The first-order valence-electron chi connectivity index (χ1n) is 18.5. The highest BCUT2D eigenvalue weighted by atomic mass is 15.2. The molecule has 0 aliphatic rings. The van der Waals surface area contributed by atoms with Gasteiger partial charge in [0.1, 0.15) is 5.69 Å². The largest absolute Gasteiger partial charge is 0.231 e. The van der Waals surface area contributed by atoms with Crippen molar-refractivity contribution in [1.29, 1.82) is 0 Å². The van der Waals surface area contributed by atoms with E-state index in [9.17, 15) is 0 Å². The van der Waals surface area contributed by atoms with Crippen molar-refractivity contribution in [2.75, 3.05) is 0 Å². The van der Waals surface area contributed by atoms with Crippen LogP contribution in [-0.2, 0) is 0 Å². The molecule has 0 N–H and O–H groups in total. The fourth-order valence-electron chi connectivity index (χ4n) is 7.59. The second-order valence-corrected chi connectivity index (χ2v) is 13.6. The van der Waals surface area contributed by atoms with E-state index in [1.165, 1.54) is 11.1 Å². The minimum Gasteiger partial charge on any atom is -0.231 e. The Morgan fingerprint density at radius 2 is 0.855 bits per heavy atom. The molecule has 0 saturated heterocycles. The van der Waals surface area contributed by atoms with Crippen molar-refractivity contribution in [2.24, 2.45) is 0 Å². The molecule has 4 nitrogen and oxygen atoms in total. The molecule has 0 fully saturated rings. The molecule has 0 spiro atoms. The molecule has 0 unspecified atom stereocenters. The second-order valence-electron chi connectivity index (χ2n) is 13.6. The van der Waals surface area contributed by atoms with E-state index in [2.05, 4.69) is 187 Å². The van der Waals surface area contributed by atoms with E-state index in [1.807, 2.05) is 24.3 Å². The third-order valence-electron chi connectivity index (χ3n) is 10.3. The van der Waals surface area contributed by atoms with Gasteiger partial charge in [0.05, 0.1) is 22.6 Å². The molecule has 10 rings (SSSR count). The fourth-order valence-corrected chi connectivity index (χ4v) is 7.59. The van der Waals surface area contributed by atoms with Crippen LogP contribution in [0.2, 0.25) is 0 Å². The predicted molar refractivity (Wildman–Crippen MR) is 226 cm³/mol. The Kier molecular flexibility index (Phi) is 8.12. The summed E-state index contributed by atoms with van der Waals surface area (Å²) in [6.45, 7) is 0. The van der Waals surface area contributed by atoms with Gasteiger partial charge in [-0.2, -0.15) is 5.10 Å². The number of nitrogens with zero attached hydrogens (tertiary/aromatic N) is 4. The lowest BCUT2D eigenvalue weighted by molar-refractivity contribution is 0.979. The standard InChI is InChI=1S/C51H34N4/c1-6-17-35(18-7-1)36-29-31-37(32-30-36)45-34-46(53-51(52-45)41-25-14-5-15-26-41)42-27-16-28-43-44(42)33-47(38-19-8-2-9-20-38)55-50(43)48(39-21-10-3-11-22-39)49(54-55)40-23-12-4-13-24-40/h1-34H. The Morgan fingerprint density at radius 3 is 1.49 bits per heavy atom. The van der Waals surface area contributed by atoms with Gasteiger partial charge in [-0.25, -0.2) is 14.5 Å².